The number of carbonyl (C=O) groups is 1. The highest BCUT2D eigenvalue weighted by atomic mass is 16.5. The van der Waals surface area contributed by atoms with E-state index in [2.05, 4.69) is 5.32 Å². The van der Waals surface area contributed by atoms with Crippen molar-refractivity contribution in [3.63, 3.8) is 0 Å². The Kier molecular flexibility index (Phi) is 5.28. The molecule has 0 bridgehead atoms. The van der Waals surface area contributed by atoms with E-state index in [0.29, 0.717) is 25.2 Å². The summed E-state index contributed by atoms with van der Waals surface area (Å²) in [6.07, 6.45) is 5.22. The molecule has 0 saturated heterocycles. The van der Waals surface area contributed by atoms with Crippen molar-refractivity contribution in [3.05, 3.63) is 0 Å². The van der Waals surface area contributed by atoms with Gasteiger partial charge in [0.05, 0.1) is 19.3 Å². The molecule has 1 atom stereocenters. The van der Waals surface area contributed by atoms with Crippen LogP contribution in [0.15, 0.2) is 0 Å². The molecule has 0 aliphatic heterocycles. The standard InChI is InChI=1S/C16H29NO4/c1-15(2,20-4)9-10-21-11-16(12-5-6-12,14(18)19-3)17-13-7-8-13/h12-13,17H,5-11H2,1-4H3. The lowest BCUT2D eigenvalue weighted by atomic mass is 9.93. The molecule has 0 radical (unpaired) electrons. The Hall–Kier alpha value is -0.650. The van der Waals surface area contributed by atoms with Crippen LogP contribution in [-0.4, -0.2) is 50.6 Å². The van der Waals surface area contributed by atoms with E-state index in [-0.39, 0.29) is 11.6 Å². The van der Waals surface area contributed by atoms with Gasteiger partial charge in [-0.1, -0.05) is 0 Å². The minimum absolute atomic E-state index is 0.178. The molecule has 2 aliphatic carbocycles. The average Bonchev–Trinajstić information content (AvgIpc) is 3.34. The highest BCUT2D eigenvalue weighted by Gasteiger charge is 2.54. The highest BCUT2D eigenvalue weighted by Crippen LogP contribution is 2.42. The maximum Gasteiger partial charge on any atom is 0.328 e. The van der Waals surface area contributed by atoms with E-state index in [1.165, 1.54) is 7.11 Å². The lowest BCUT2D eigenvalue weighted by Gasteiger charge is -2.33. The Morgan fingerprint density at radius 3 is 2.33 bits per heavy atom. The van der Waals surface area contributed by atoms with Crippen molar-refractivity contribution in [2.45, 2.75) is 63.1 Å². The van der Waals surface area contributed by atoms with Gasteiger partial charge in [0.25, 0.3) is 0 Å². The zero-order valence-electron chi connectivity index (χ0n) is 13.7. The molecule has 1 N–H and O–H groups in total. The third-order valence-corrected chi connectivity index (χ3v) is 4.59. The summed E-state index contributed by atoms with van der Waals surface area (Å²) in [7, 11) is 3.17. The van der Waals surface area contributed by atoms with Crippen LogP contribution in [0.1, 0.15) is 46.0 Å². The Morgan fingerprint density at radius 1 is 1.19 bits per heavy atom. The first-order valence-corrected chi connectivity index (χ1v) is 7.92. The van der Waals surface area contributed by atoms with E-state index in [4.69, 9.17) is 14.2 Å². The molecule has 1 unspecified atom stereocenters. The van der Waals surface area contributed by atoms with Crippen molar-refractivity contribution in [2.24, 2.45) is 5.92 Å². The summed E-state index contributed by atoms with van der Waals surface area (Å²) in [5.41, 5.74) is -0.843. The molecule has 2 saturated carbocycles. The van der Waals surface area contributed by atoms with Crippen LogP contribution in [0.4, 0.5) is 0 Å². The zero-order chi connectivity index (χ0) is 15.5. The smallest absolute Gasteiger partial charge is 0.328 e. The van der Waals surface area contributed by atoms with Gasteiger partial charge in [0, 0.05) is 19.8 Å². The topological polar surface area (TPSA) is 56.8 Å². The maximum absolute atomic E-state index is 12.3. The summed E-state index contributed by atoms with van der Waals surface area (Å²) in [5, 5.41) is 3.50. The van der Waals surface area contributed by atoms with Gasteiger partial charge >= 0.3 is 5.97 Å². The molecule has 0 heterocycles. The van der Waals surface area contributed by atoms with E-state index in [1.807, 2.05) is 13.8 Å². The Morgan fingerprint density at radius 2 is 1.86 bits per heavy atom. The Balaban J connectivity index is 1.90. The van der Waals surface area contributed by atoms with Gasteiger partial charge in [-0.05, 0) is 51.9 Å². The maximum atomic E-state index is 12.3. The van der Waals surface area contributed by atoms with Gasteiger partial charge in [-0.15, -0.1) is 0 Å². The van der Waals surface area contributed by atoms with Crippen molar-refractivity contribution >= 4 is 5.97 Å². The second-order valence-electron chi connectivity index (χ2n) is 6.92. The monoisotopic (exact) mass is 299 g/mol. The van der Waals surface area contributed by atoms with E-state index < -0.39 is 5.54 Å². The van der Waals surface area contributed by atoms with Crippen molar-refractivity contribution in [2.75, 3.05) is 27.4 Å². The van der Waals surface area contributed by atoms with Gasteiger partial charge in [0.1, 0.15) is 5.54 Å². The Labute approximate surface area is 127 Å². The molecule has 0 aromatic carbocycles. The number of ether oxygens (including phenoxy) is 3. The molecular weight excluding hydrogens is 270 g/mol. The molecule has 0 aromatic rings. The van der Waals surface area contributed by atoms with Crippen LogP contribution in [-0.2, 0) is 19.0 Å². The van der Waals surface area contributed by atoms with Crippen molar-refractivity contribution < 1.29 is 19.0 Å². The fourth-order valence-corrected chi connectivity index (χ4v) is 2.57. The summed E-state index contributed by atoms with van der Waals surface area (Å²) in [4.78, 5) is 12.3. The molecule has 21 heavy (non-hydrogen) atoms. The summed E-state index contributed by atoms with van der Waals surface area (Å²) in [6.45, 7) is 5.04. The predicted molar refractivity (Wildman–Crippen MR) is 80.2 cm³/mol. The van der Waals surface area contributed by atoms with E-state index >= 15 is 0 Å². The number of esters is 1. The van der Waals surface area contributed by atoms with Crippen LogP contribution in [0.25, 0.3) is 0 Å². The number of methoxy groups -OCH3 is 2. The number of hydrogen-bond donors (Lipinski definition) is 1. The second kappa shape index (κ2) is 6.63. The van der Waals surface area contributed by atoms with Gasteiger partial charge in [-0.2, -0.15) is 0 Å². The SMILES string of the molecule is COC(=O)C(COCCC(C)(C)OC)(NC1CC1)C1CC1. The zero-order valence-corrected chi connectivity index (χ0v) is 13.7. The molecule has 2 fully saturated rings. The van der Waals surface area contributed by atoms with Crippen molar-refractivity contribution in [3.8, 4) is 0 Å². The van der Waals surface area contributed by atoms with E-state index in [1.54, 1.807) is 7.11 Å². The van der Waals surface area contributed by atoms with Gasteiger partial charge in [0.2, 0.25) is 0 Å². The molecule has 2 rings (SSSR count). The van der Waals surface area contributed by atoms with Crippen LogP contribution in [0.2, 0.25) is 0 Å². The van der Waals surface area contributed by atoms with Crippen LogP contribution < -0.4 is 5.32 Å². The summed E-state index contributed by atoms with van der Waals surface area (Å²) >= 11 is 0. The number of hydrogen-bond acceptors (Lipinski definition) is 5. The van der Waals surface area contributed by atoms with E-state index in [0.717, 1.165) is 32.1 Å². The normalized spacial score (nSPS) is 21.9. The Bertz CT molecular complexity index is 363. The molecule has 0 spiro atoms. The molecule has 5 heteroatoms. The average molecular weight is 299 g/mol. The summed E-state index contributed by atoms with van der Waals surface area (Å²) in [6, 6.07) is 0.448. The molecule has 2 aliphatic rings. The fourth-order valence-electron chi connectivity index (χ4n) is 2.57. The number of carbonyl (C=O) groups excluding carboxylic acids is 1. The van der Waals surface area contributed by atoms with E-state index in [9.17, 15) is 4.79 Å². The van der Waals surface area contributed by atoms with Gasteiger partial charge in [-0.25, -0.2) is 4.79 Å². The highest BCUT2D eigenvalue weighted by molar-refractivity contribution is 5.82. The van der Waals surface area contributed by atoms with Crippen molar-refractivity contribution in [1.82, 2.24) is 5.32 Å². The predicted octanol–water partition coefficient (Wildman–Crippen LogP) is 1.89. The first-order valence-electron chi connectivity index (χ1n) is 7.92. The fraction of sp³-hybridized carbons (Fsp3) is 0.938. The first-order chi connectivity index (χ1) is 9.93. The molecule has 5 nitrogen and oxygen atoms in total. The van der Waals surface area contributed by atoms with Gasteiger partial charge in [-0.3, -0.25) is 5.32 Å². The second-order valence-corrected chi connectivity index (χ2v) is 6.92. The first kappa shape index (κ1) is 16.7. The minimum Gasteiger partial charge on any atom is -0.468 e. The van der Waals surface area contributed by atoms with Gasteiger partial charge in [0.15, 0.2) is 0 Å². The largest absolute Gasteiger partial charge is 0.468 e. The van der Waals surface area contributed by atoms with Crippen LogP contribution in [0.5, 0.6) is 0 Å². The number of nitrogens with one attached hydrogen (secondary N) is 1. The summed E-state index contributed by atoms with van der Waals surface area (Å²) < 4.78 is 16.3. The third-order valence-electron chi connectivity index (χ3n) is 4.59. The number of rotatable bonds is 10. The minimum atomic E-state index is -0.646. The van der Waals surface area contributed by atoms with Crippen molar-refractivity contribution in [1.29, 1.82) is 0 Å². The lowest BCUT2D eigenvalue weighted by Crippen LogP contribution is -2.59. The third kappa shape index (κ3) is 4.41. The van der Waals surface area contributed by atoms with Gasteiger partial charge < -0.3 is 14.2 Å². The molecule has 0 amide bonds. The molecule has 122 valence electrons. The molecular formula is C16H29NO4. The lowest BCUT2D eigenvalue weighted by molar-refractivity contribution is -0.153. The quantitative estimate of drug-likeness (QED) is 0.493. The van der Waals surface area contributed by atoms with Crippen LogP contribution in [0.3, 0.4) is 0 Å². The van der Waals surface area contributed by atoms with Crippen LogP contribution in [0, 0.1) is 5.92 Å². The van der Waals surface area contributed by atoms with Crippen LogP contribution >= 0.6 is 0 Å². The molecule has 0 aromatic heterocycles. The summed E-state index contributed by atoms with van der Waals surface area (Å²) in [5.74, 6) is 0.170.